The Hall–Kier alpha value is -0.650. The van der Waals surface area contributed by atoms with Crippen molar-refractivity contribution in [2.75, 3.05) is 66.0 Å². The Morgan fingerprint density at radius 1 is 1.06 bits per heavy atom. The maximum atomic E-state index is 12.0. The van der Waals surface area contributed by atoms with E-state index in [1.807, 2.05) is 4.90 Å². The Morgan fingerprint density at radius 2 is 1.69 bits per heavy atom. The van der Waals surface area contributed by atoms with Gasteiger partial charge in [-0.25, -0.2) is 0 Å². The summed E-state index contributed by atoms with van der Waals surface area (Å²) in [5, 5.41) is 3.30. The highest BCUT2D eigenvalue weighted by molar-refractivity contribution is 5.78. The van der Waals surface area contributed by atoms with E-state index in [9.17, 15) is 4.79 Å². The number of nitrogens with one attached hydrogen (secondary N) is 1. The summed E-state index contributed by atoms with van der Waals surface area (Å²) in [6.07, 6.45) is 0. The Morgan fingerprint density at radius 3 is 2.31 bits per heavy atom. The minimum absolute atomic E-state index is 0.301. The number of amides is 1. The van der Waals surface area contributed by atoms with E-state index in [0.717, 1.165) is 52.4 Å². The van der Waals surface area contributed by atoms with Gasteiger partial charge < -0.3 is 15.1 Å². The zero-order valence-corrected chi connectivity index (χ0v) is 10.1. The van der Waals surface area contributed by atoms with Gasteiger partial charge in [0.2, 0.25) is 5.91 Å². The molecule has 0 radical (unpaired) electrons. The molecule has 2 saturated heterocycles. The largest absolute Gasteiger partial charge is 0.339 e. The molecule has 0 saturated carbocycles. The predicted molar refractivity (Wildman–Crippen MR) is 63.4 cm³/mol. The number of rotatable bonds is 2. The lowest BCUT2D eigenvalue weighted by molar-refractivity contribution is -0.134. The van der Waals surface area contributed by atoms with E-state index < -0.39 is 0 Å². The van der Waals surface area contributed by atoms with Gasteiger partial charge in [0, 0.05) is 52.4 Å². The van der Waals surface area contributed by atoms with Crippen LogP contribution < -0.4 is 5.32 Å². The number of nitrogens with zero attached hydrogens (tertiary/aromatic N) is 3. The molecule has 0 aliphatic carbocycles. The van der Waals surface area contributed by atoms with Crippen molar-refractivity contribution < 1.29 is 4.79 Å². The lowest BCUT2D eigenvalue weighted by Gasteiger charge is -2.34. The standard InChI is InChI=1S/C11H22N4O/c1-13-6-8-15(9-7-13)11(16)10-14-4-2-12-3-5-14/h12H,2-10H2,1H3. The topological polar surface area (TPSA) is 38.8 Å². The van der Waals surface area contributed by atoms with Crippen LogP contribution in [0.4, 0.5) is 0 Å². The van der Waals surface area contributed by atoms with Gasteiger partial charge in [0.1, 0.15) is 0 Å². The molecular formula is C11H22N4O. The highest BCUT2D eigenvalue weighted by Gasteiger charge is 2.21. The molecule has 1 N–H and O–H groups in total. The number of hydrogen-bond donors (Lipinski definition) is 1. The monoisotopic (exact) mass is 226 g/mol. The first kappa shape index (κ1) is 11.8. The molecule has 0 aromatic heterocycles. The maximum absolute atomic E-state index is 12.0. The van der Waals surface area contributed by atoms with Crippen molar-refractivity contribution in [2.24, 2.45) is 0 Å². The third kappa shape index (κ3) is 3.17. The predicted octanol–water partition coefficient (Wildman–Crippen LogP) is -1.33. The van der Waals surface area contributed by atoms with Crippen LogP contribution >= 0.6 is 0 Å². The van der Waals surface area contributed by atoms with Gasteiger partial charge in [-0.1, -0.05) is 0 Å². The smallest absolute Gasteiger partial charge is 0.236 e. The Labute approximate surface area is 97.4 Å². The van der Waals surface area contributed by atoms with Crippen molar-refractivity contribution in [1.29, 1.82) is 0 Å². The van der Waals surface area contributed by atoms with Crippen molar-refractivity contribution in [1.82, 2.24) is 20.0 Å². The molecule has 0 bridgehead atoms. The van der Waals surface area contributed by atoms with Crippen LogP contribution in [0.25, 0.3) is 0 Å². The summed E-state index contributed by atoms with van der Waals surface area (Å²) >= 11 is 0. The van der Waals surface area contributed by atoms with Crippen LogP contribution in [-0.4, -0.2) is 86.6 Å². The zero-order chi connectivity index (χ0) is 11.4. The van der Waals surface area contributed by atoms with Crippen LogP contribution in [0.1, 0.15) is 0 Å². The summed E-state index contributed by atoms with van der Waals surface area (Å²) in [7, 11) is 2.11. The molecule has 2 aliphatic heterocycles. The maximum Gasteiger partial charge on any atom is 0.236 e. The van der Waals surface area contributed by atoms with Crippen molar-refractivity contribution in [3.05, 3.63) is 0 Å². The van der Waals surface area contributed by atoms with E-state index in [1.54, 1.807) is 0 Å². The molecule has 5 nitrogen and oxygen atoms in total. The fourth-order valence-corrected chi connectivity index (χ4v) is 2.22. The summed E-state index contributed by atoms with van der Waals surface area (Å²) < 4.78 is 0. The van der Waals surface area contributed by atoms with Crippen molar-refractivity contribution in [3.63, 3.8) is 0 Å². The van der Waals surface area contributed by atoms with E-state index in [2.05, 4.69) is 22.2 Å². The van der Waals surface area contributed by atoms with Gasteiger partial charge in [-0.3, -0.25) is 9.69 Å². The van der Waals surface area contributed by atoms with Crippen molar-refractivity contribution in [3.8, 4) is 0 Å². The molecule has 5 heteroatoms. The Balaban J connectivity index is 1.74. The zero-order valence-electron chi connectivity index (χ0n) is 10.1. The second-order valence-electron chi connectivity index (χ2n) is 4.71. The highest BCUT2D eigenvalue weighted by atomic mass is 16.2. The SMILES string of the molecule is CN1CCN(C(=O)CN2CCNCC2)CC1. The van der Waals surface area contributed by atoms with Crippen LogP contribution in [0.5, 0.6) is 0 Å². The van der Waals surface area contributed by atoms with Crippen LogP contribution in [0.3, 0.4) is 0 Å². The lowest BCUT2D eigenvalue weighted by atomic mass is 10.3. The van der Waals surface area contributed by atoms with Crippen molar-refractivity contribution >= 4 is 5.91 Å². The van der Waals surface area contributed by atoms with E-state index in [4.69, 9.17) is 0 Å². The van der Waals surface area contributed by atoms with Crippen LogP contribution in [0.15, 0.2) is 0 Å². The van der Waals surface area contributed by atoms with Gasteiger partial charge >= 0.3 is 0 Å². The van der Waals surface area contributed by atoms with E-state index >= 15 is 0 Å². The van der Waals surface area contributed by atoms with E-state index in [-0.39, 0.29) is 0 Å². The van der Waals surface area contributed by atoms with Gasteiger partial charge in [0.05, 0.1) is 6.54 Å². The molecule has 16 heavy (non-hydrogen) atoms. The molecule has 2 heterocycles. The quantitative estimate of drug-likeness (QED) is 0.633. The molecule has 0 aromatic rings. The van der Waals surface area contributed by atoms with E-state index in [1.165, 1.54) is 0 Å². The highest BCUT2D eigenvalue weighted by Crippen LogP contribution is 2.01. The summed E-state index contributed by atoms with van der Waals surface area (Å²) in [6, 6.07) is 0. The average Bonchev–Trinajstić information content (AvgIpc) is 2.31. The second-order valence-corrected chi connectivity index (χ2v) is 4.71. The van der Waals surface area contributed by atoms with Crippen LogP contribution in [0.2, 0.25) is 0 Å². The average molecular weight is 226 g/mol. The fraction of sp³-hybridized carbons (Fsp3) is 0.909. The molecule has 2 rings (SSSR count). The first-order valence-corrected chi connectivity index (χ1v) is 6.15. The molecule has 0 spiro atoms. The van der Waals surface area contributed by atoms with Gasteiger partial charge in [-0.05, 0) is 7.05 Å². The Kier molecular flexibility index (Phi) is 4.15. The molecule has 92 valence electrons. The molecule has 1 amide bonds. The number of carbonyl (C=O) groups excluding carboxylic acids is 1. The molecular weight excluding hydrogens is 204 g/mol. The van der Waals surface area contributed by atoms with Gasteiger partial charge in [0.25, 0.3) is 0 Å². The number of piperazine rings is 2. The van der Waals surface area contributed by atoms with E-state index in [0.29, 0.717) is 12.5 Å². The number of hydrogen-bond acceptors (Lipinski definition) is 4. The number of carbonyl (C=O) groups is 1. The molecule has 0 unspecified atom stereocenters. The molecule has 0 aromatic carbocycles. The lowest BCUT2D eigenvalue weighted by Crippen LogP contribution is -2.52. The third-order valence-corrected chi connectivity index (χ3v) is 3.42. The van der Waals surface area contributed by atoms with Gasteiger partial charge in [-0.2, -0.15) is 0 Å². The molecule has 2 fully saturated rings. The summed E-state index contributed by atoms with van der Waals surface area (Å²) in [6.45, 7) is 8.42. The first-order valence-electron chi connectivity index (χ1n) is 6.15. The van der Waals surface area contributed by atoms with Gasteiger partial charge in [0.15, 0.2) is 0 Å². The minimum Gasteiger partial charge on any atom is -0.339 e. The van der Waals surface area contributed by atoms with Crippen molar-refractivity contribution in [2.45, 2.75) is 0 Å². The summed E-state index contributed by atoms with van der Waals surface area (Å²) in [5.74, 6) is 0.301. The molecule has 0 atom stereocenters. The normalized spacial score (nSPS) is 24.7. The second kappa shape index (κ2) is 5.61. The van der Waals surface area contributed by atoms with Crippen LogP contribution in [0, 0.1) is 0 Å². The van der Waals surface area contributed by atoms with Gasteiger partial charge in [-0.15, -0.1) is 0 Å². The minimum atomic E-state index is 0.301. The fourth-order valence-electron chi connectivity index (χ4n) is 2.22. The summed E-state index contributed by atoms with van der Waals surface area (Å²) in [4.78, 5) is 18.5. The third-order valence-electron chi connectivity index (χ3n) is 3.42. The molecule has 2 aliphatic rings. The first-order chi connectivity index (χ1) is 7.75. The Bertz CT molecular complexity index is 232. The number of likely N-dealkylation sites (N-methyl/N-ethyl adjacent to an activating group) is 1. The van der Waals surface area contributed by atoms with Crippen LogP contribution in [-0.2, 0) is 4.79 Å². The summed E-state index contributed by atoms with van der Waals surface area (Å²) in [5.41, 5.74) is 0.